The van der Waals surface area contributed by atoms with Crippen molar-refractivity contribution in [2.24, 2.45) is 4.99 Å². The molecule has 0 bridgehead atoms. The number of benzene rings is 1. The molecule has 144 valence electrons. The van der Waals surface area contributed by atoms with Crippen LogP contribution in [0.3, 0.4) is 0 Å². The summed E-state index contributed by atoms with van der Waals surface area (Å²) in [6.45, 7) is 5.36. The summed E-state index contributed by atoms with van der Waals surface area (Å²) < 4.78 is 38.3. The predicted molar refractivity (Wildman–Crippen MR) is 110 cm³/mol. The van der Waals surface area contributed by atoms with Crippen LogP contribution in [0.5, 0.6) is 0 Å². The number of thiazole rings is 1. The minimum atomic E-state index is -4.34. The van der Waals surface area contributed by atoms with Gasteiger partial charge >= 0.3 is 6.18 Å². The molecule has 9 heteroatoms. The van der Waals surface area contributed by atoms with E-state index in [-0.39, 0.29) is 30.5 Å². The van der Waals surface area contributed by atoms with Gasteiger partial charge in [-0.05, 0) is 31.0 Å². The van der Waals surface area contributed by atoms with E-state index in [4.69, 9.17) is 0 Å². The summed E-state index contributed by atoms with van der Waals surface area (Å²) in [5, 5.41) is 7.18. The number of nitrogens with zero attached hydrogens (tertiary/aromatic N) is 2. The van der Waals surface area contributed by atoms with Crippen molar-refractivity contribution in [1.29, 1.82) is 0 Å². The second-order valence-electron chi connectivity index (χ2n) is 5.32. The van der Waals surface area contributed by atoms with E-state index >= 15 is 0 Å². The Kier molecular flexibility index (Phi) is 9.34. The summed E-state index contributed by atoms with van der Waals surface area (Å²) in [5.74, 6) is 0.549. The molecule has 4 nitrogen and oxygen atoms in total. The number of aromatic nitrogens is 1. The number of halogens is 4. The van der Waals surface area contributed by atoms with Crippen molar-refractivity contribution in [1.82, 2.24) is 15.6 Å². The monoisotopic (exact) mass is 498 g/mol. The fraction of sp³-hybridized carbons (Fsp3) is 0.412. The number of rotatable bonds is 6. The largest absolute Gasteiger partial charge is 0.416 e. The second kappa shape index (κ2) is 10.7. The zero-order chi connectivity index (χ0) is 18.3. The molecule has 0 spiro atoms. The Labute approximate surface area is 172 Å². The third kappa shape index (κ3) is 7.10. The minimum absolute atomic E-state index is 0. The van der Waals surface area contributed by atoms with Crippen molar-refractivity contribution in [3.05, 3.63) is 51.5 Å². The molecule has 0 aliphatic carbocycles. The van der Waals surface area contributed by atoms with Gasteiger partial charge in [0.15, 0.2) is 5.96 Å². The number of aliphatic imine (C=N–C) groups is 1. The highest BCUT2D eigenvalue weighted by molar-refractivity contribution is 14.0. The lowest BCUT2D eigenvalue weighted by molar-refractivity contribution is -0.137. The second-order valence-corrected chi connectivity index (χ2v) is 6.52. The van der Waals surface area contributed by atoms with Crippen LogP contribution in [0, 0.1) is 0 Å². The highest BCUT2D eigenvalue weighted by Gasteiger charge is 2.30. The van der Waals surface area contributed by atoms with Crippen LogP contribution >= 0.6 is 35.3 Å². The molecule has 1 aromatic carbocycles. The number of hydrogen-bond donors (Lipinski definition) is 2. The minimum Gasteiger partial charge on any atom is -0.357 e. The Hall–Kier alpha value is -1.36. The summed E-state index contributed by atoms with van der Waals surface area (Å²) in [7, 11) is 0. The number of hydrogen-bond acceptors (Lipinski definition) is 3. The maximum atomic E-state index is 12.8. The highest BCUT2D eigenvalue weighted by atomic mass is 127. The predicted octanol–water partition coefficient (Wildman–Crippen LogP) is 4.60. The molecule has 0 radical (unpaired) electrons. The third-order valence-corrected chi connectivity index (χ3v) is 4.52. The Morgan fingerprint density at radius 1 is 1.23 bits per heavy atom. The molecule has 0 saturated heterocycles. The van der Waals surface area contributed by atoms with E-state index in [1.807, 2.05) is 13.1 Å². The van der Waals surface area contributed by atoms with Gasteiger partial charge in [0.05, 0.1) is 18.7 Å². The van der Waals surface area contributed by atoms with Crippen molar-refractivity contribution in [2.75, 3.05) is 6.54 Å². The maximum Gasteiger partial charge on any atom is 0.416 e. The first-order valence-corrected chi connectivity index (χ1v) is 8.86. The Balaban J connectivity index is 0.00000338. The average molecular weight is 498 g/mol. The molecule has 2 rings (SSSR count). The summed E-state index contributed by atoms with van der Waals surface area (Å²) in [6.07, 6.45) is -1.54. The number of aryl methyl sites for hydroxylation is 1. The van der Waals surface area contributed by atoms with Crippen LogP contribution in [-0.4, -0.2) is 17.5 Å². The quantitative estimate of drug-likeness (QED) is 0.348. The Morgan fingerprint density at radius 3 is 2.62 bits per heavy atom. The molecule has 0 amide bonds. The van der Waals surface area contributed by atoms with Gasteiger partial charge in [-0.15, -0.1) is 35.3 Å². The fourth-order valence-electron chi connectivity index (χ4n) is 2.11. The topological polar surface area (TPSA) is 49.3 Å². The van der Waals surface area contributed by atoms with Gasteiger partial charge in [-0.1, -0.05) is 19.1 Å². The highest BCUT2D eigenvalue weighted by Crippen LogP contribution is 2.29. The van der Waals surface area contributed by atoms with Crippen molar-refractivity contribution >= 4 is 41.3 Å². The smallest absolute Gasteiger partial charge is 0.357 e. The Bertz CT molecular complexity index is 716. The number of guanidine groups is 1. The lowest BCUT2D eigenvalue weighted by Gasteiger charge is -2.11. The molecule has 0 fully saturated rings. The van der Waals surface area contributed by atoms with Crippen LogP contribution in [0.15, 0.2) is 35.5 Å². The summed E-state index contributed by atoms with van der Waals surface area (Å²) >= 11 is 1.63. The zero-order valence-electron chi connectivity index (χ0n) is 14.6. The molecule has 2 aromatic rings. The van der Waals surface area contributed by atoms with Gasteiger partial charge in [-0.25, -0.2) is 9.98 Å². The SMILES string of the molecule is CCNC(=NCc1cccc(C(F)(F)F)c1)NCc1ncc(CC)s1.I. The molecular formula is C17H22F3IN4S. The molecule has 1 heterocycles. The standard InChI is InChI=1S/C17H21F3N4S.HI/c1-3-14-10-22-15(25-14)11-24-16(21-4-2)23-9-12-6-5-7-13(8-12)17(18,19)20;/h5-8,10H,3-4,9,11H2,1-2H3,(H2,21,23,24);1H. The van der Waals surface area contributed by atoms with Gasteiger partial charge in [0.1, 0.15) is 5.01 Å². The van der Waals surface area contributed by atoms with Crippen molar-refractivity contribution < 1.29 is 13.2 Å². The summed E-state index contributed by atoms with van der Waals surface area (Å²) in [6, 6.07) is 5.22. The molecular weight excluding hydrogens is 476 g/mol. The molecule has 1 aromatic heterocycles. The molecule has 0 atom stereocenters. The number of nitrogens with one attached hydrogen (secondary N) is 2. The average Bonchev–Trinajstić information content (AvgIpc) is 3.05. The first-order chi connectivity index (χ1) is 11.9. The van der Waals surface area contributed by atoms with Gasteiger partial charge < -0.3 is 10.6 Å². The van der Waals surface area contributed by atoms with Gasteiger partial charge in [0, 0.05) is 17.6 Å². The van der Waals surface area contributed by atoms with E-state index in [0.717, 1.165) is 23.6 Å². The molecule has 0 unspecified atom stereocenters. The van der Waals surface area contributed by atoms with Crippen LogP contribution in [0.25, 0.3) is 0 Å². The van der Waals surface area contributed by atoms with Gasteiger partial charge in [0.2, 0.25) is 0 Å². The van der Waals surface area contributed by atoms with Crippen LogP contribution in [0.2, 0.25) is 0 Å². The van der Waals surface area contributed by atoms with Crippen molar-refractivity contribution in [3.63, 3.8) is 0 Å². The first kappa shape index (κ1) is 22.7. The normalized spacial score (nSPS) is 11.8. The van der Waals surface area contributed by atoms with E-state index in [0.29, 0.717) is 24.6 Å². The molecule has 0 aliphatic rings. The van der Waals surface area contributed by atoms with Crippen LogP contribution in [0.1, 0.15) is 34.9 Å². The third-order valence-electron chi connectivity index (χ3n) is 3.38. The molecule has 0 saturated carbocycles. The maximum absolute atomic E-state index is 12.8. The molecule has 0 aliphatic heterocycles. The van der Waals surface area contributed by atoms with Crippen LogP contribution < -0.4 is 10.6 Å². The van der Waals surface area contributed by atoms with Crippen LogP contribution in [-0.2, 0) is 25.7 Å². The zero-order valence-corrected chi connectivity index (χ0v) is 17.7. The van der Waals surface area contributed by atoms with Gasteiger partial charge in [-0.2, -0.15) is 13.2 Å². The van der Waals surface area contributed by atoms with E-state index in [9.17, 15) is 13.2 Å². The van der Waals surface area contributed by atoms with E-state index in [1.54, 1.807) is 17.4 Å². The summed E-state index contributed by atoms with van der Waals surface area (Å²) in [4.78, 5) is 9.89. The van der Waals surface area contributed by atoms with Gasteiger partial charge in [-0.3, -0.25) is 0 Å². The fourth-order valence-corrected chi connectivity index (χ4v) is 2.91. The number of alkyl halides is 3. The lowest BCUT2D eigenvalue weighted by Crippen LogP contribution is -2.36. The summed E-state index contributed by atoms with van der Waals surface area (Å²) in [5.41, 5.74) is -0.150. The lowest BCUT2D eigenvalue weighted by atomic mass is 10.1. The first-order valence-electron chi connectivity index (χ1n) is 8.04. The van der Waals surface area contributed by atoms with E-state index in [2.05, 4.69) is 27.5 Å². The van der Waals surface area contributed by atoms with E-state index in [1.165, 1.54) is 10.9 Å². The van der Waals surface area contributed by atoms with E-state index < -0.39 is 11.7 Å². The van der Waals surface area contributed by atoms with Crippen LogP contribution in [0.4, 0.5) is 13.2 Å². The van der Waals surface area contributed by atoms with Crippen molar-refractivity contribution in [3.8, 4) is 0 Å². The molecule has 26 heavy (non-hydrogen) atoms. The molecule has 2 N–H and O–H groups in total. The Morgan fingerprint density at radius 2 is 2.00 bits per heavy atom. The van der Waals surface area contributed by atoms with Crippen molar-refractivity contribution in [2.45, 2.75) is 39.5 Å². The van der Waals surface area contributed by atoms with Gasteiger partial charge in [0.25, 0.3) is 0 Å².